The van der Waals surface area contributed by atoms with Gasteiger partial charge in [0.2, 0.25) is 5.91 Å². The van der Waals surface area contributed by atoms with Gasteiger partial charge in [-0.25, -0.2) is 0 Å². The molecule has 5 heteroatoms. The standard InChI is InChI=1S/C19H20N4O/c1-2-12-22(13-9-19(24)23(14-10-20)15-11-21)18-8-7-16-5-3-4-6-17(16)18/h1,3-6,18H,7-9,12-15H2/t18-/m0/s1. The Kier molecular flexibility index (Phi) is 6.38. The normalized spacial score (nSPS) is 15.2. The van der Waals surface area contributed by atoms with Crippen molar-refractivity contribution in [2.24, 2.45) is 0 Å². The summed E-state index contributed by atoms with van der Waals surface area (Å²) in [6.45, 7) is 0.875. The summed E-state index contributed by atoms with van der Waals surface area (Å²) < 4.78 is 0. The summed E-state index contributed by atoms with van der Waals surface area (Å²) >= 11 is 0. The lowest BCUT2D eigenvalue weighted by molar-refractivity contribution is -0.130. The zero-order valence-corrected chi connectivity index (χ0v) is 13.6. The number of hydrogen-bond acceptors (Lipinski definition) is 4. The molecule has 0 fully saturated rings. The van der Waals surface area contributed by atoms with Gasteiger partial charge in [0, 0.05) is 19.0 Å². The predicted octanol–water partition coefficient (Wildman–Crippen LogP) is 1.87. The topological polar surface area (TPSA) is 71.1 Å². The molecular formula is C19H20N4O. The van der Waals surface area contributed by atoms with E-state index in [-0.39, 0.29) is 31.5 Å². The van der Waals surface area contributed by atoms with Crippen molar-refractivity contribution < 1.29 is 4.79 Å². The quantitative estimate of drug-likeness (QED) is 0.568. The Labute approximate surface area is 143 Å². The fourth-order valence-electron chi connectivity index (χ4n) is 3.18. The molecule has 0 aromatic heterocycles. The van der Waals surface area contributed by atoms with E-state index in [1.165, 1.54) is 16.0 Å². The van der Waals surface area contributed by atoms with Crippen LogP contribution >= 0.6 is 0 Å². The highest BCUT2D eigenvalue weighted by atomic mass is 16.2. The molecule has 0 unspecified atom stereocenters. The van der Waals surface area contributed by atoms with Crippen LogP contribution in [0.5, 0.6) is 0 Å². The molecule has 1 aromatic carbocycles. The molecule has 1 amide bonds. The highest BCUT2D eigenvalue weighted by molar-refractivity contribution is 5.76. The summed E-state index contributed by atoms with van der Waals surface area (Å²) in [5.41, 5.74) is 2.62. The number of rotatable bonds is 7. The summed E-state index contributed by atoms with van der Waals surface area (Å²) in [5.74, 6) is 2.49. The second-order valence-electron chi connectivity index (χ2n) is 5.74. The van der Waals surface area contributed by atoms with Gasteiger partial charge in [0.1, 0.15) is 13.1 Å². The molecule has 0 N–H and O–H groups in total. The van der Waals surface area contributed by atoms with Crippen molar-refractivity contribution >= 4 is 5.91 Å². The fraction of sp³-hybridized carbons (Fsp3) is 0.421. The SMILES string of the molecule is C#CCN(CCC(=O)N(CC#N)CC#N)[C@H]1CCc2ccccc21. The Hall–Kier alpha value is -2.81. The van der Waals surface area contributed by atoms with E-state index < -0.39 is 0 Å². The minimum absolute atomic E-state index is 0.0617. The first-order valence-electron chi connectivity index (χ1n) is 7.98. The molecule has 0 aliphatic heterocycles. The second kappa shape index (κ2) is 8.73. The Bertz CT molecular complexity index is 691. The van der Waals surface area contributed by atoms with E-state index in [9.17, 15) is 4.79 Å². The Morgan fingerprint density at radius 3 is 2.58 bits per heavy atom. The van der Waals surface area contributed by atoms with Gasteiger partial charge in [-0.15, -0.1) is 6.42 Å². The molecule has 0 saturated heterocycles. The molecule has 1 aromatic rings. The number of carbonyl (C=O) groups is 1. The van der Waals surface area contributed by atoms with E-state index >= 15 is 0 Å². The monoisotopic (exact) mass is 320 g/mol. The van der Waals surface area contributed by atoms with Gasteiger partial charge >= 0.3 is 0 Å². The largest absolute Gasteiger partial charge is 0.316 e. The Balaban J connectivity index is 2.03. The number of fused-ring (bicyclic) bond motifs is 1. The first-order chi connectivity index (χ1) is 11.7. The number of hydrogen-bond donors (Lipinski definition) is 0. The number of amides is 1. The van der Waals surface area contributed by atoms with E-state index in [0.717, 1.165) is 12.8 Å². The van der Waals surface area contributed by atoms with Gasteiger partial charge in [-0.1, -0.05) is 30.2 Å². The Morgan fingerprint density at radius 2 is 1.92 bits per heavy atom. The van der Waals surface area contributed by atoms with Crippen molar-refractivity contribution in [2.75, 3.05) is 26.2 Å². The van der Waals surface area contributed by atoms with Crippen LogP contribution in [-0.4, -0.2) is 41.9 Å². The lowest BCUT2D eigenvalue weighted by atomic mass is 10.1. The molecule has 0 radical (unpaired) electrons. The third kappa shape index (κ3) is 4.13. The molecule has 1 aliphatic carbocycles. The van der Waals surface area contributed by atoms with E-state index in [0.29, 0.717) is 13.1 Å². The van der Waals surface area contributed by atoms with Crippen molar-refractivity contribution in [3.8, 4) is 24.5 Å². The van der Waals surface area contributed by atoms with Crippen LogP contribution < -0.4 is 0 Å². The smallest absolute Gasteiger partial charge is 0.225 e. The number of terminal acetylenes is 1. The van der Waals surface area contributed by atoms with Crippen LogP contribution in [0.25, 0.3) is 0 Å². The third-order valence-electron chi connectivity index (χ3n) is 4.33. The van der Waals surface area contributed by atoms with Gasteiger partial charge in [0.05, 0.1) is 18.7 Å². The summed E-state index contributed by atoms with van der Waals surface area (Å²) in [4.78, 5) is 15.7. The highest BCUT2D eigenvalue weighted by Gasteiger charge is 2.27. The van der Waals surface area contributed by atoms with Gasteiger partial charge in [-0.2, -0.15) is 10.5 Å². The van der Waals surface area contributed by atoms with Crippen LogP contribution in [0.4, 0.5) is 0 Å². The molecule has 1 atom stereocenters. The van der Waals surface area contributed by atoms with Crippen molar-refractivity contribution in [1.82, 2.24) is 9.80 Å². The summed E-state index contributed by atoms with van der Waals surface area (Å²) in [6, 6.07) is 12.4. The van der Waals surface area contributed by atoms with Crippen LogP contribution in [0.15, 0.2) is 24.3 Å². The van der Waals surface area contributed by atoms with Gasteiger partial charge in [0.25, 0.3) is 0 Å². The minimum Gasteiger partial charge on any atom is -0.316 e. The van der Waals surface area contributed by atoms with Crippen LogP contribution in [-0.2, 0) is 11.2 Å². The summed E-state index contributed by atoms with van der Waals surface area (Å²) in [5, 5.41) is 17.5. The van der Waals surface area contributed by atoms with Gasteiger partial charge < -0.3 is 4.90 Å². The van der Waals surface area contributed by atoms with Crippen molar-refractivity contribution in [2.45, 2.75) is 25.3 Å². The van der Waals surface area contributed by atoms with Crippen LogP contribution in [0.1, 0.15) is 30.0 Å². The number of carbonyl (C=O) groups excluding carboxylic acids is 1. The molecule has 0 bridgehead atoms. The molecule has 0 spiro atoms. The molecule has 1 aliphatic rings. The first kappa shape index (κ1) is 17.5. The maximum Gasteiger partial charge on any atom is 0.225 e. The lowest BCUT2D eigenvalue weighted by Crippen LogP contribution is -2.36. The van der Waals surface area contributed by atoms with E-state index in [1.807, 2.05) is 24.3 Å². The van der Waals surface area contributed by atoms with Gasteiger partial charge in [0.15, 0.2) is 0 Å². The number of aryl methyl sites for hydroxylation is 1. The van der Waals surface area contributed by atoms with Crippen molar-refractivity contribution in [3.63, 3.8) is 0 Å². The minimum atomic E-state index is -0.189. The maximum absolute atomic E-state index is 12.2. The number of benzene rings is 1. The fourth-order valence-corrected chi connectivity index (χ4v) is 3.18. The molecule has 122 valence electrons. The zero-order chi connectivity index (χ0) is 17.4. The molecular weight excluding hydrogens is 300 g/mol. The molecule has 24 heavy (non-hydrogen) atoms. The van der Waals surface area contributed by atoms with Crippen LogP contribution in [0.2, 0.25) is 0 Å². The van der Waals surface area contributed by atoms with Crippen LogP contribution in [0.3, 0.4) is 0 Å². The molecule has 5 nitrogen and oxygen atoms in total. The molecule has 0 saturated carbocycles. The van der Waals surface area contributed by atoms with E-state index in [1.54, 1.807) is 0 Å². The molecule has 0 heterocycles. The van der Waals surface area contributed by atoms with Crippen molar-refractivity contribution in [3.05, 3.63) is 35.4 Å². The van der Waals surface area contributed by atoms with Gasteiger partial charge in [-0.3, -0.25) is 9.69 Å². The predicted molar refractivity (Wildman–Crippen MR) is 90.3 cm³/mol. The van der Waals surface area contributed by atoms with E-state index in [4.69, 9.17) is 16.9 Å². The van der Waals surface area contributed by atoms with Crippen molar-refractivity contribution in [1.29, 1.82) is 10.5 Å². The van der Waals surface area contributed by atoms with Crippen LogP contribution in [0, 0.1) is 35.0 Å². The first-order valence-corrected chi connectivity index (χ1v) is 7.98. The number of nitriles is 2. The average Bonchev–Trinajstić information content (AvgIpc) is 3.02. The van der Waals surface area contributed by atoms with Gasteiger partial charge in [-0.05, 0) is 24.0 Å². The molecule has 2 rings (SSSR count). The highest BCUT2D eigenvalue weighted by Crippen LogP contribution is 2.35. The number of nitrogens with zero attached hydrogens (tertiary/aromatic N) is 4. The third-order valence-corrected chi connectivity index (χ3v) is 4.33. The average molecular weight is 320 g/mol. The maximum atomic E-state index is 12.2. The van der Waals surface area contributed by atoms with E-state index in [2.05, 4.69) is 23.0 Å². The Morgan fingerprint density at radius 1 is 1.21 bits per heavy atom. The lowest BCUT2D eigenvalue weighted by Gasteiger charge is -2.28. The second-order valence-corrected chi connectivity index (χ2v) is 5.74. The summed E-state index contributed by atoms with van der Waals surface area (Å²) in [6.07, 6.45) is 7.77. The summed E-state index contributed by atoms with van der Waals surface area (Å²) in [7, 11) is 0. The zero-order valence-electron chi connectivity index (χ0n) is 13.6.